The number of allylic oxidation sites excluding steroid dienone is 12. The maximum atomic E-state index is 12.7. The minimum Gasteiger partial charge on any atom is -0.462 e. The fourth-order valence-electron chi connectivity index (χ4n) is 6.19. The predicted molar refractivity (Wildman–Crippen MR) is 242 cm³/mol. The van der Waals surface area contributed by atoms with Crippen LogP contribution in [-0.2, 0) is 28.6 Å². The van der Waals surface area contributed by atoms with Gasteiger partial charge in [-0.25, -0.2) is 0 Å². The van der Waals surface area contributed by atoms with E-state index in [4.69, 9.17) is 14.2 Å². The third-order valence-corrected chi connectivity index (χ3v) is 9.68. The molecule has 0 saturated heterocycles. The average Bonchev–Trinajstić information content (AvgIpc) is 3.21. The molecule has 0 saturated carbocycles. The summed E-state index contributed by atoms with van der Waals surface area (Å²) in [6.07, 6.45) is 56.0. The van der Waals surface area contributed by atoms with Gasteiger partial charge >= 0.3 is 17.9 Å². The second-order valence-corrected chi connectivity index (χ2v) is 15.2. The van der Waals surface area contributed by atoms with Crippen LogP contribution in [0.2, 0.25) is 0 Å². The highest BCUT2D eigenvalue weighted by Crippen LogP contribution is 2.13. The molecule has 57 heavy (non-hydrogen) atoms. The summed E-state index contributed by atoms with van der Waals surface area (Å²) in [6.45, 7) is 6.34. The number of rotatable bonds is 41. The first-order valence-electron chi connectivity index (χ1n) is 23.4. The number of hydrogen-bond donors (Lipinski definition) is 0. The molecule has 1 unspecified atom stereocenters. The Balaban J connectivity index is 4.42. The van der Waals surface area contributed by atoms with Crippen LogP contribution in [-0.4, -0.2) is 37.2 Å². The topological polar surface area (TPSA) is 78.9 Å². The standard InChI is InChI=1S/C51H86O6/c1-4-7-10-13-16-19-21-23-25-27-29-32-35-38-41-44-50(53)56-47-48(46-55-49(52)43-40-37-34-31-18-15-12-9-6-3)57-51(54)45-42-39-36-33-30-28-26-24-22-20-17-14-11-8-5-2/h7,9-10,12,16-17,19-20,23-26,48H,4-6,8,11,13-15,18,21-22,27-47H2,1-3H3/b10-7-,12-9-,19-16-,20-17-,25-23-,26-24-. The molecule has 1 atom stereocenters. The summed E-state index contributed by atoms with van der Waals surface area (Å²) in [6, 6.07) is 0. The molecule has 0 heterocycles. The highest BCUT2D eigenvalue weighted by Gasteiger charge is 2.19. The SMILES string of the molecule is CC/C=C\C/C=C\C/C=C\CCCCCCCC(=O)OCC(COC(=O)CCCCCCC/C=C\CC)OC(=O)CCCCCCC/C=C\C/C=C\CCCCC. The second kappa shape index (κ2) is 45.6. The Labute approximate surface area is 351 Å². The van der Waals surface area contributed by atoms with Gasteiger partial charge in [-0.05, 0) is 103 Å². The molecule has 0 N–H and O–H groups in total. The van der Waals surface area contributed by atoms with E-state index in [1.54, 1.807) is 0 Å². The van der Waals surface area contributed by atoms with Gasteiger partial charge in [0.2, 0.25) is 0 Å². The van der Waals surface area contributed by atoms with Crippen molar-refractivity contribution in [3.8, 4) is 0 Å². The molecule has 0 aromatic rings. The zero-order chi connectivity index (χ0) is 41.5. The Morgan fingerprint density at radius 2 is 0.684 bits per heavy atom. The third-order valence-electron chi connectivity index (χ3n) is 9.68. The van der Waals surface area contributed by atoms with E-state index in [-0.39, 0.29) is 31.1 Å². The summed E-state index contributed by atoms with van der Waals surface area (Å²) >= 11 is 0. The van der Waals surface area contributed by atoms with Gasteiger partial charge in [0.1, 0.15) is 13.2 Å². The van der Waals surface area contributed by atoms with E-state index in [0.29, 0.717) is 19.3 Å². The maximum Gasteiger partial charge on any atom is 0.306 e. The minimum absolute atomic E-state index is 0.0924. The Morgan fingerprint density at radius 1 is 0.368 bits per heavy atom. The zero-order valence-corrected chi connectivity index (χ0v) is 37.1. The summed E-state index contributed by atoms with van der Waals surface area (Å²) < 4.78 is 16.7. The quantitative estimate of drug-likeness (QED) is 0.0265. The van der Waals surface area contributed by atoms with Crippen molar-refractivity contribution < 1.29 is 28.6 Å². The molecule has 0 aromatic heterocycles. The van der Waals surface area contributed by atoms with Crippen molar-refractivity contribution in [1.29, 1.82) is 0 Å². The van der Waals surface area contributed by atoms with Crippen LogP contribution >= 0.6 is 0 Å². The number of carbonyl (C=O) groups excluding carboxylic acids is 3. The number of hydrogen-bond acceptors (Lipinski definition) is 6. The lowest BCUT2D eigenvalue weighted by Gasteiger charge is -2.18. The van der Waals surface area contributed by atoms with Gasteiger partial charge in [-0.15, -0.1) is 0 Å². The maximum absolute atomic E-state index is 12.7. The van der Waals surface area contributed by atoms with Gasteiger partial charge in [0.25, 0.3) is 0 Å². The van der Waals surface area contributed by atoms with Crippen LogP contribution in [0.5, 0.6) is 0 Å². The summed E-state index contributed by atoms with van der Waals surface area (Å²) in [4.78, 5) is 37.7. The molecule has 0 aromatic carbocycles. The third kappa shape index (κ3) is 43.8. The number of carbonyl (C=O) groups is 3. The van der Waals surface area contributed by atoms with Crippen LogP contribution in [0.25, 0.3) is 0 Å². The van der Waals surface area contributed by atoms with Gasteiger partial charge in [0, 0.05) is 19.3 Å². The van der Waals surface area contributed by atoms with E-state index in [0.717, 1.165) is 141 Å². The molecule has 0 spiro atoms. The molecule has 0 radical (unpaired) electrons. The van der Waals surface area contributed by atoms with Gasteiger partial charge in [-0.1, -0.05) is 164 Å². The molecule has 6 nitrogen and oxygen atoms in total. The zero-order valence-electron chi connectivity index (χ0n) is 37.1. The first-order chi connectivity index (χ1) is 28.0. The van der Waals surface area contributed by atoms with Crippen molar-refractivity contribution in [3.63, 3.8) is 0 Å². The van der Waals surface area contributed by atoms with Gasteiger partial charge in [-0.3, -0.25) is 14.4 Å². The van der Waals surface area contributed by atoms with Crippen LogP contribution in [0.4, 0.5) is 0 Å². The fraction of sp³-hybridized carbons (Fsp3) is 0.706. The average molecular weight is 795 g/mol. The van der Waals surface area contributed by atoms with Crippen molar-refractivity contribution in [2.45, 2.75) is 219 Å². The van der Waals surface area contributed by atoms with Gasteiger partial charge in [0.05, 0.1) is 0 Å². The lowest BCUT2D eigenvalue weighted by Crippen LogP contribution is -2.30. The molecule has 0 amide bonds. The van der Waals surface area contributed by atoms with Crippen molar-refractivity contribution in [2.24, 2.45) is 0 Å². The Bertz CT molecular complexity index is 1100. The van der Waals surface area contributed by atoms with E-state index in [1.165, 1.54) is 32.1 Å². The summed E-state index contributed by atoms with van der Waals surface area (Å²) in [7, 11) is 0. The predicted octanol–water partition coefficient (Wildman–Crippen LogP) is 15.1. The fourth-order valence-corrected chi connectivity index (χ4v) is 6.19. The first kappa shape index (κ1) is 53.9. The van der Waals surface area contributed by atoms with Crippen LogP contribution in [0.15, 0.2) is 72.9 Å². The van der Waals surface area contributed by atoms with E-state index in [9.17, 15) is 14.4 Å². The van der Waals surface area contributed by atoms with Crippen LogP contribution in [0.1, 0.15) is 213 Å². The summed E-state index contributed by atoms with van der Waals surface area (Å²) in [5.74, 6) is -0.940. The van der Waals surface area contributed by atoms with E-state index < -0.39 is 6.10 Å². The van der Waals surface area contributed by atoms with E-state index in [1.807, 2.05) is 0 Å². The lowest BCUT2D eigenvalue weighted by molar-refractivity contribution is -0.167. The minimum atomic E-state index is -0.791. The normalized spacial score (nSPS) is 12.7. The van der Waals surface area contributed by atoms with E-state index >= 15 is 0 Å². The highest BCUT2D eigenvalue weighted by molar-refractivity contribution is 5.71. The number of esters is 3. The van der Waals surface area contributed by atoms with Gasteiger partial charge in [0.15, 0.2) is 6.10 Å². The molecular formula is C51H86O6. The van der Waals surface area contributed by atoms with Crippen molar-refractivity contribution in [3.05, 3.63) is 72.9 Å². The molecule has 0 aliphatic rings. The smallest absolute Gasteiger partial charge is 0.306 e. The Hall–Kier alpha value is -3.15. The van der Waals surface area contributed by atoms with Crippen molar-refractivity contribution in [2.75, 3.05) is 13.2 Å². The Morgan fingerprint density at radius 3 is 1.11 bits per heavy atom. The highest BCUT2D eigenvalue weighted by atomic mass is 16.6. The van der Waals surface area contributed by atoms with Crippen molar-refractivity contribution >= 4 is 17.9 Å². The van der Waals surface area contributed by atoms with Crippen LogP contribution in [0.3, 0.4) is 0 Å². The summed E-state index contributed by atoms with van der Waals surface area (Å²) in [5, 5.41) is 0. The molecular weight excluding hydrogens is 709 g/mol. The van der Waals surface area contributed by atoms with Gasteiger partial charge < -0.3 is 14.2 Å². The molecule has 0 bridgehead atoms. The monoisotopic (exact) mass is 795 g/mol. The van der Waals surface area contributed by atoms with Crippen LogP contribution < -0.4 is 0 Å². The second-order valence-electron chi connectivity index (χ2n) is 15.2. The molecule has 326 valence electrons. The molecule has 6 heteroatoms. The molecule has 0 fully saturated rings. The largest absolute Gasteiger partial charge is 0.462 e. The summed E-state index contributed by atoms with van der Waals surface area (Å²) in [5.41, 5.74) is 0. The van der Waals surface area contributed by atoms with Crippen molar-refractivity contribution in [1.82, 2.24) is 0 Å². The molecule has 0 aliphatic heterocycles. The lowest BCUT2D eigenvalue weighted by atomic mass is 10.1. The number of unbranched alkanes of at least 4 members (excludes halogenated alkanes) is 18. The number of ether oxygens (including phenoxy) is 3. The Kier molecular flexibility index (Phi) is 43.0. The molecule has 0 aliphatic carbocycles. The van der Waals surface area contributed by atoms with E-state index in [2.05, 4.69) is 93.7 Å². The van der Waals surface area contributed by atoms with Gasteiger partial charge in [-0.2, -0.15) is 0 Å². The van der Waals surface area contributed by atoms with Crippen LogP contribution in [0, 0.1) is 0 Å². The molecule has 0 rings (SSSR count). The first-order valence-corrected chi connectivity index (χ1v) is 23.4.